The molecule has 2 atom stereocenters. The fourth-order valence-electron chi connectivity index (χ4n) is 3.36. The normalized spacial score (nSPS) is 20.4. The lowest BCUT2D eigenvalue weighted by molar-refractivity contribution is 0.0739. The van der Waals surface area contributed by atoms with Crippen LogP contribution in [0.4, 0.5) is 4.39 Å². The molecule has 1 aliphatic rings. The summed E-state index contributed by atoms with van der Waals surface area (Å²) < 4.78 is 14.6. The first kappa shape index (κ1) is 16.7. The van der Waals surface area contributed by atoms with E-state index >= 15 is 0 Å². The third-order valence-electron chi connectivity index (χ3n) is 4.84. The van der Waals surface area contributed by atoms with Gasteiger partial charge in [0.2, 0.25) is 0 Å². The van der Waals surface area contributed by atoms with E-state index in [2.05, 4.69) is 0 Å². The van der Waals surface area contributed by atoms with E-state index in [1.807, 2.05) is 44.2 Å². The Balaban J connectivity index is 1.85. The zero-order valence-electron chi connectivity index (χ0n) is 14.1. The van der Waals surface area contributed by atoms with Crippen LogP contribution in [0.25, 0.3) is 11.1 Å². The molecule has 2 aromatic carbocycles. The molecule has 3 nitrogen and oxygen atoms in total. The summed E-state index contributed by atoms with van der Waals surface area (Å²) in [5.74, 6) is -0.410. The van der Waals surface area contributed by atoms with Gasteiger partial charge in [-0.2, -0.15) is 0 Å². The van der Waals surface area contributed by atoms with Gasteiger partial charge in [-0.05, 0) is 56.0 Å². The Kier molecular flexibility index (Phi) is 4.67. The molecule has 2 aromatic rings. The van der Waals surface area contributed by atoms with E-state index in [0.717, 1.165) is 23.1 Å². The first-order valence-electron chi connectivity index (χ1n) is 8.37. The zero-order valence-corrected chi connectivity index (χ0v) is 14.1. The van der Waals surface area contributed by atoms with Crippen LogP contribution in [0.5, 0.6) is 0 Å². The van der Waals surface area contributed by atoms with Gasteiger partial charge < -0.3 is 10.6 Å². The molecule has 1 saturated heterocycles. The second-order valence-electron chi connectivity index (χ2n) is 6.70. The Bertz CT molecular complexity index is 742. The van der Waals surface area contributed by atoms with Crippen LogP contribution >= 0.6 is 0 Å². The Labute approximate surface area is 142 Å². The van der Waals surface area contributed by atoms with Gasteiger partial charge in [-0.15, -0.1) is 0 Å². The van der Waals surface area contributed by atoms with Crippen molar-refractivity contribution in [3.8, 4) is 11.1 Å². The smallest absolute Gasteiger partial charge is 0.257 e. The van der Waals surface area contributed by atoms with Crippen molar-refractivity contribution in [2.45, 2.75) is 26.3 Å². The lowest BCUT2D eigenvalue weighted by Crippen LogP contribution is -2.35. The number of carbonyl (C=O) groups is 1. The summed E-state index contributed by atoms with van der Waals surface area (Å²) >= 11 is 0. The second-order valence-corrected chi connectivity index (χ2v) is 6.70. The molecule has 2 N–H and O–H groups in total. The van der Waals surface area contributed by atoms with Crippen molar-refractivity contribution in [3.05, 3.63) is 59.4 Å². The Morgan fingerprint density at radius 1 is 1.21 bits per heavy atom. The third-order valence-corrected chi connectivity index (χ3v) is 4.84. The topological polar surface area (TPSA) is 46.3 Å². The van der Waals surface area contributed by atoms with Gasteiger partial charge in [-0.3, -0.25) is 4.79 Å². The van der Waals surface area contributed by atoms with Gasteiger partial charge in [0.05, 0.1) is 5.56 Å². The molecule has 0 aliphatic carbocycles. The number of rotatable bonds is 3. The molecule has 3 rings (SSSR count). The SMILES string of the molecule is Cc1ccc(-c2ccc(C(=O)N3CC(CN)CC3C)c(F)c2)cc1. The molecule has 2 unspecified atom stereocenters. The highest BCUT2D eigenvalue weighted by Crippen LogP contribution is 2.27. The molecule has 1 heterocycles. The average Bonchev–Trinajstić information content (AvgIpc) is 2.96. The van der Waals surface area contributed by atoms with Gasteiger partial charge in [0, 0.05) is 12.6 Å². The number of aryl methyl sites for hydroxylation is 1. The molecule has 0 bridgehead atoms. The van der Waals surface area contributed by atoms with Crippen molar-refractivity contribution in [2.75, 3.05) is 13.1 Å². The highest BCUT2D eigenvalue weighted by Gasteiger charge is 2.33. The number of nitrogens with two attached hydrogens (primary N) is 1. The minimum absolute atomic E-state index is 0.0993. The van der Waals surface area contributed by atoms with Crippen LogP contribution in [0.3, 0.4) is 0 Å². The lowest BCUT2D eigenvalue weighted by atomic mass is 10.0. The molecule has 4 heteroatoms. The lowest BCUT2D eigenvalue weighted by Gasteiger charge is -2.22. The van der Waals surface area contributed by atoms with Gasteiger partial charge >= 0.3 is 0 Å². The monoisotopic (exact) mass is 326 g/mol. The van der Waals surface area contributed by atoms with Crippen molar-refractivity contribution in [3.63, 3.8) is 0 Å². The van der Waals surface area contributed by atoms with Crippen LogP contribution in [-0.2, 0) is 0 Å². The fourth-order valence-corrected chi connectivity index (χ4v) is 3.36. The van der Waals surface area contributed by atoms with Crippen LogP contribution in [-0.4, -0.2) is 29.9 Å². The van der Waals surface area contributed by atoms with E-state index in [9.17, 15) is 9.18 Å². The number of amides is 1. The molecular weight excluding hydrogens is 303 g/mol. The van der Waals surface area contributed by atoms with Crippen molar-refractivity contribution >= 4 is 5.91 Å². The van der Waals surface area contributed by atoms with Crippen molar-refractivity contribution in [1.29, 1.82) is 0 Å². The molecule has 0 radical (unpaired) electrons. The standard InChI is InChI=1S/C20H23FN2O/c1-13-3-5-16(6-4-13)17-7-8-18(19(21)10-17)20(24)23-12-15(11-22)9-14(23)2/h3-8,10,14-15H,9,11-12,22H2,1-2H3. The summed E-state index contributed by atoms with van der Waals surface area (Å²) in [4.78, 5) is 14.4. The van der Waals surface area contributed by atoms with Gasteiger partial charge in [0.25, 0.3) is 5.91 Å². The molecule has 0 aromatic heterocycles. The minimum atomic E-state index is -0.471. The van der Waals surface area contributed by atoms with Crippen LogP contribution in [0, 0.1) is 18.7 Å². The summed E-state index contributed by atoms with van der Waals surface area (Å²) in [5, 5.41) is 0. The largest absolute Gasteiger partial charge is 0.336 e. The first-order valence-corrected chi connectivity index (χ1v) is 8.37. The number of halogens is 1. The maximum atomic E-state index is 14.6. The summed E-state index contributed by atoms with van der Waals surface area (Å²) in [6.45, 7) is 5.17. The molecule has 1 aliphatic heterocycles. The molecule has 126 valence electrons. The summed E-state index contributed by atoms with van der Waals surface area (Å²) in [7, 11) is 0. The molecule has 1 amide bonds. The zero-order chi connectivity index (χ0) is 17.3. The van der Waals surface area contributed by atoms with Gasteiger partial charge in [0.15, 0.2) is 0 Å². The molecular formula is C20H23FN2O. The van der Waals surface area contributed by atoms with Gasteiger partial charge in [0.1, 0.15) is 5.82 Å². The van der Waals surface area contributed by atoms with Crippen molar-refractivity contribution in [2.24, 2.45) is 11.7 Å². The average molecular weight is 326 g/mol. The molecule has 0 saturated carbocycles. The van der Waals surface area contributed by atoms with E-state index in [1.54, 1.807) is 11.0 Å². The first-order chi connectivity index (χ1) is 11.5. The Morgan fingerprint density at radius 3 is 2.46 bits per heavy atom. The van der Waals surface area contributed by atoms with E-state index in [-0.39, 0.29) is 17.5 Å². The predicted molar refractivity (Wildman–Crippen MR) is 94.2 cm³/mol. The third kappa shape index (κ3) is 3.20. The Hall–Kier alpha value is -2.20. The minimum Gasteiger partial charge on any atom is -0.336 e. The van der Waals surface area contributed by atoms with E-state index in [1.165, 1.54) is 6.07 Å². The van der Waals surface area contributed by atoms with E-state index in [4.69, 9.17) is 5.73 Å². The van der Waals surface area contributed by atoms with Crippen LogP contribution in [0.1, 0.15) is 29.3 Å². The molecule has 1 fully saturated rings. The van der Waals surface area contributed by atoms with Crippen LogP contribution in [0.15, 0.2) is 42.5 Å². The summed E-state index contributed by atoms with van der Waals surface area (Å²) in [5.41, 5.74) is 8.72. The number of carbonyl (C=O) groups excluding carboxylic acids is 1. The van der Waals surface area contributed by atoms with Gasteiger partial charge in [-0.25, -0.2) is 4.39 Å². The number of likely N-dealkylation sites (tertiary alicyclic amines) is 1. The maximum absolute atomic E-state index is 14.6. The van der Waals surface area contributed by atoms with Crippen molar-refractivity contribution < 1.29 is 9.18 Å². The maximum Gasteiger partial charge on any atom is 0.257 e. The number of nitrogens with zero attached hydrogens (tertiary/aromatic N) is 1. The fraction of sp³-hybridized carbons (Fsp3) is 0.350. The summed E-state index contributed by atoms with van der Waals surface area (Å²) in [6, 6.07) is 12.8. The quantitative estimate of drug-likeness (QED) is 0.936. The number of hydrogen-bond donors (Lipinski definition) is 1. The van der Waals surface area contributed by atoms with Crippen LogP contribution in [0.2, 0.25) is 0 Å². The van der Waals surface area contributed by atoms with E-state index < -0.39 is 5.82 Å². The van der Waals surface area contributed by atoms with E-state index in [0.29, 0.717) is 19.0 Å². The predicted octanol–water partition coefficient (Wildman–Crippen LogP) is 3.61. The highest BCUT2D eigenvalue weighted by atomic mass is 19.1. The second kappa shape index (κ2) is 6.73. The van der Waals surface area contributed by atoms with Gasteiger partial charge in [-0.1, -0.05) is 35.9 Å². The van der Waals surface area contributed by atoms with Crippen molar-refractivity contribution in [1.82, 2.24) is 4.90 Å². The summed E-state index contributed by atoms with van der Waals surface area (Å²) in [6.07, 6.45) is 0.880. The van der Waals surface area contributed by atoms with Crippen LogP contribution < -0.4 is 5.73 Å². The number of benzene rings is 2. The molecule has 0 spiro atoms. The number of hydrogen-bond acceptors (Lipinski definition) is 2. The highest BCUT2D eigenvalue weighted by molar-refractivity contribution is 5.95. The Morgan fingerprint density at radius 2 is 1.88 bits per heavy atom. The molecule has 24 heavy (non-hydrogen) atoms.